The van der Waals surface area contributed by atoms with Gasteiger partial charge in [0.2, 0.25) is 0 Å². The van der Waals surface area contributed by atoms with Crippen molar-refractivity contribution in [2.75, 3.05) is 0 Å². The summed E-state index contributed by atoms with van der Waals surface area (Å²) in [5.74, 6) is 1.78. The molecule has 28 heavy (non-hydrogen) atoms. The second-order valence-corrected chi connectivity index (χ2v) is 6.24. The molecule has 0 saturated carbocycles. The van der Waals surface area contributed by atoms with E-state index in [9.17, 15) is 13.2 Å². The van der Waals surface area contributed by atoms with Crippen LogP contribution >= 0.6 is 24.0 Å². The molecule has 1 aliphatic heterocycles. The van der Waals surface area contributed by atoms with Crippen LogP contribution in [0.15, 0.2) is 29.3 Å². The molecular weight excluding hydrogens is 488 g/mol. The summed E-state index contributed by atoms with van der Waals surface area (Å²) in [4.78, 5) is 4.19. The monoisotopic (exact) mass is 510 g/mol. The Hall–Kier alpha value is -2.05. The zero-order valence-electron chi connectivity index (χ0n) is 15.1. The number of benzene rings is 1. The number of hydrogen-bond acceptors (Lipinski definition) is 4. The molecule has 0 saturated heterocycles. The maximum Gasteiger partial charge on any atom is 0.573 e. The molecule has 3 rings (SSSR count). The lowest BCUT2D eigenvalue weighted by Gasteiger charge is -2.09. The smallest absolute Gasteiger partial charge is 0.406 e. The summed E-state index contributed by atoms with van der Waals surface area (Å²) < 4.78 is 42.4. The van der Waals surface area contributed by atoms with Gasteiger partial charge in [0.25, 0.3) is 0 Å². The van der Waals surface area contributed by atoms with Crippen LogP contribution in [0.5, 0.6) is 5.75 Å². The van der Waals surface area contributed by atoms with Crippen LogP contribution in [0.2, 0.25) is 0 Å². The Morgan fingerprint density at radius 1 is 1.18 bits per heavy atom. The number of ether oxygens (including phenoxy) is 1. The number of aliphatic imine (C=N–C) groups is 1. The number of fused-ring (bicyclic) bond motifs is 1. The van der Waals surface area contributed by atoms with Gasteiger partial charge in [0.1, 0.15) is 11.6 Å². The average Bonchev–Trinajstić information content (AvgIpc) is 2.84. The summed E-state index contributed by atoms with van der Waals surface area (Å²) in [6.45, 7) is 1.56. The average molecular weight is 510 g/mol. The van der Waals surface area contributed by atoms with Gasteiger partial charge < -0.3 is 20.4 Å². The minimum Gasteiger partial charge on any atom is -0.406 e. The first-order valence-corrected chi connectivity index (χ1v) is 8.70. The third-order valence-corrected chi connectivity index (χ3v) is 4.20. The first kappa shape index (κ1) is 22.2. The normalized spacial score (nSPS) is 14.6. The van der Waals surface area contributed by atoms with Crippen molar-refractivity contribution in [2.45, 2.75) is 51.7 Å². The van der Waals surface area contributed by atoms with E-state index in [4.69, 9.17) is 5.73 Å². The molecule has 0 amide bonds. The van der Waals surface area contributed by atoms with E-state index in [1.165, 1.54) is 30.7 Å². The van der Waals surface area contributed by atoms with Gasteiger partial charge in [-0.2, -0.15) is 0 Å². The topological polar surface area (TPSA) is 90.3 Å². The molecule has 0 bridgehead atoms. The number of halogens is 4. The molecule has 0 aliphatic carbocycles. The predicted molar refractivity (Wildman–Crippen MR) is 108 cm³/mol. The largest absolute Gasteiger partial charge is 0.573 e. The summed E-state index contributed by atoms with van der Waals surface area (Å²) in [6.07, 6.45) is -0.344. The van der Waals surface area contributed by atoms with Crippen LogP contribution in [0.3, 0.4) is 0 Å². The molecule has 2 aromatic rings. The summed E-state index contributed by atoms with van der Waals surface area (Å²) in [6, 6.07) is 5.51. The highest BCUT2D eigenvalue weighted by Crippen LogP contribution is 2.22. The van der Waals surface area contributed by atoms with E-state index in [1.807, 2.05) is 0 Å². The van der Waals surface area contributed by atoms with Crippen LogP contribution in [0.4, 0.5) is 13.2 Å². The number of nitrogens with one attached hydrogen (secondary N) is 1. The molecule has 1 aliphatic rings. The summed E-state index contributed by atoms with van der Waals surface area (Å²) >= 11 is 0. The summed E-state index contributed by atoms with van der Waals surface area (Å²) in [5, 5.41) is 11.4. The SMILES string of the molecule is I.NC(=NCc1ccc(OC(F)(F)F)cc1)NCc1nnc2n1CCCCC2. The molecule has 0 unspecified atom stereocenters. The minimum absolute atomic E-state index is 0. The first-order chi connectivity index (χ1) is 12.9. The van der Waals surface area contributed by atoms with E-state index in [2.05, 4.69) is 29.8 Å². The minimum atomic E-state index is -4.70. The number of nitrogens with zero attached hydrogens (tertiary/aromatic N) is 4. The molecule has 7 nitrogen and oxygen atoms in total. The zero-order valence-corrected chi connectivity index (χ0v) is 17.4. The van der Waals surface area contributed by atoms with Crippen molar-refractivity contribution >= 4 is 29.9 Å². The highest BCUT2D eigenvalue weighted by Gasteiger charge is 2.30. The van der Waals surface area contributed by atoms with Crippen LogP contribution < -0.4 is 15.8 Å². The number of rotatable bonds is 5. The van der Waals surface area contributed by atoms with Crippen molar-refractivity contribution in [3.05, 3.63) is 41.5 Å². The van der Waals surface area contributed by atoms with Gasteiger partial charge in [0.15, 0.2) is 11.8 Å². The number of aryl methyl sites for hydroxylation is 1. The molecule has 0 radical (unpaired) electrons. The van der Waals surface area contributed by atoms with E-state index in [1.54, 1.807) is 0 Å². The molecule has 3 N–H and O–H groups in total. The molecule has 11 heteroatoms. The molecule has 154 valence electrons. The second kappa shape index (κ2) is 9.94. The molecule has 2 heterocycles. The summed E-state index contributed by atoms with van der Waals surface area (Å²) in [5.41, 5.74) is 6.58. The Bertz CT molecular complexity index is 791. The Morgan fingerprint density at radius 2 is 1.93 bits per heavy atom. The quantitative estimate of drug-likeness (QED) is 0.367. The van der Waals surface area contributed by atoms with Crippen LogP contribution in [0.1, 0.15) is 36.5 Å². The van der Waals surface area contributed by atoms with Crippen molar-refractivity contribution in [1.29, 1.82) is 0 Å². The Kier molecular flexibility index (Phi) is 7.89. The third-order valence-electron chi connectivity index (χ3n) is 4.20. The Labute approximate surface area is 177 Å². The number of alkyl halides is 3. The van der Waals surface area contributed by atoms with Crippen LogP contribution in [-0.4, -0.2) is 27.1 Å². The first-order valence-electron chi connectivity index (χ1n) is 8.70. The van der Waals surface area contributed by atoms with E-state index >= 15 is 0 Å². The molecule has 0 fully saturated rings. The highest BCUT2D eigenvalue weighted by atomic mass is 127. The van der Waals surface area contributed by atoms with Crippen LogP contribution in [0.25, 0.3) is 0 Å². The van der Waals surface area contributed by atoms with E-state index < -0.39 is 6.36 Å². The van der Waals surface area contributed by atoms with Gasteiger partial charge in [-0.1, -0.05) is 18.6 Å². The van der Waals surface area contributed by atoms with Crippen molar-refractivity contribution in [3.8, 4) is 5.75 Å². The maximum atomic E-state index is 12.1. The Balaban J connectivity index is 0.00000280. The molecule has 1 aromatic heterocycles. The lowest BCUT2D eigenvalue weighted by molar-refractivity contribution is -0.274. The van der Waals surface area contributed by atoms with Gasteiger partial charge in [0, 0.05) is 13.0 Å². The van der Waals surface area contributed by atoms with Crippen molar-refractivity contribution in [3.63, 3.8) is 0 Å². The fourth-order valence-electron chi connectivity index (χ4n) is 2.87. The fourth-order valence-corrected chi connectivity index (χ4v) is 2.87. The van der Waals surface area contributed by atoms with E-state index in [-0.39, 0.29) is 42.2 Å². The van der Waals surface area contributed by atoms with Crippen molar-refractivity contribution in [1.82, 2.24) is 20.1 Å². The van der Waals surface area contributed by atoms with Crippen LogP contribution in [-0.2, 0) is 26.1 Å². The van der Waals surface area contributed by atoms with E-state index in [0.717, 1.165) is 37.5 Å². The molecular formula is C17H22F3IN6O. The third kappa shape index (κ3) is 6.53. The molecule has 0 atom stereocenters. The lowest BCUT2D eigenvalue weighted by Crippen LogP contribution is -2.32. The lowest BCUT2D eigenvalue weighted by atomic mass is 10.2. The highest BCUT2D eigenvalue weighted by molar-refractivity contribution is 14.0. The van der Waals surface area contributed by atoms with E-state index in [0.29, 0.717) is 12.1 Å². The van der Waals surface area contributed by atoms with Crippen molar-refractivity contribution < 1.29 is 17.9 Å². The van der Waals surface area contributed by atoms with Gasteiger partial charge in [-0.05, 0) is 30.5 Å². The second-order valence-electron chi connectivity index (χ2n) is 6.24. The molecule has 0 spiro atoms. The van der Waals surface area contributed by atoms with Gasteiger partial charge in [-0.15, -0.1) is 47.3 Å². The van der Waals surface area contributed by atoms with Gasteiger partial charge in [-0.25, -0.2) is 4.99 Å². The fraction of sp³-hybridized carbons (Fsp3) is 0.471. The number of hydrogen-bond donors (Lipinski definition) is 2. The number of nitrogens with two attached hydrogens (primary N) is 1. The van der Waals surface area contributed by atoms with Gasteiger partial charge >= 0.3 is 6.36 Å². The standard InChI is InChI=1S/C17H21F3N6O.HI/c18-17(19,20)27-13-7-5-12(6-8-13)10-22-16(21)23-11-15-25-24-14-4-2-1-3-9-26(14)15;/h5-8H,1-4,9-11H2,(H3,21,22,23);1H. The maximum absolute atomic E-state index is 12.1. The number of guanidine groups is 1. The molecule has 1 aromatic carbocycles. The zero-order chi connectivity index (χ0) is 19.3. The van der Waals surface area contributed by atoms with Gasteiger partial charge in [0.05, 0.1) is 13.1 Å². The number of aromatic nitrogens is 3. The van der Waals surface area contributed by atoms with Gasteiger partial charge in [-0.3, -0.25) is 0 Å². The Morgan fingerprint density at radius 3 is 2.64 bits per heavy atom. The van der Waals surface area contributed by atoms with Crippen LogP contribution in [0, 0.1) is 0 Å². The summed E-state index contributed by atoms with van der Waals surface area (Å²) in [7, 11) is 0. The predicted octanol–water partition coefficient (Wildman–Crippen LogP) is 3.13. The van der Waals surface area contributed by atoms with Crippen molar-refractivity contribution in [2.24, 2.45) is 10.7 Å².